The summed E-state index contributed by atoms with van der Waals surface area (Å²) in [4.78, 5) is 16.8. The van der Waals surface area contributed by atoms with E-state index >= 15 is 0 Å². The lowest BCUT2D eigenvalue weighted by molar-refractivity contribution is -0.118. The minimum atomic E-state index is -0.121. The highest BCUT2D eigenvalue weighted by Gasteiger charge is 2.13. The van der Waals surface area contributed by atoms with E-state index in [9.17, 15) is 4.79 Å². The Bertz CT molecular complexity index is 1170. The van der Waals surface area contributed by atoms with E-state index in [2.05, 4.69) is 42.8 Å². The molecule has 32 heavy (non-hydrogen) atoms. The molecule has 164 valence electrons. The van der Waals surface area contributed by atoms with Gasteiger partial charge in [-0.05, 0) is 36.8 Å². The molecule has 10 heteroatoms. The van der Waals surface area contributed by atoms with E-state index < -0.39 is 0 Å². The summed E-state index contributed by atoms with van der Waals surface area (Å²) in [6.07, 6.45) is 0. The average molecular weight is 450 g/mol. The number of aryl methyl sites for hydroxylation is 1. The average Bonchev–Trinajstić information content (AvgIpc) is 3.44. The molecule has 0 bridgehead atoms. The van der Waals surface area contributed by atoms with Gasteiger partial charge >= 0.3 is 0 Å². The number of rotatable bonds is 9. The van der Waals surface area contributed by atoms with E-state index in [-0.39, 0.29) is 18.2 Å². The molecule has 2 aromatic heterocycles. The fourth-order valence-corrected chi connectivity index (χ4v) is 3.84. The fraction of sp³-hybridized carbons (Fsp3) is 0.227. The van der Waals surface area contributed by atoms with Gasteiger partial charge in [0, 0.05) is 5.56 Å². The maximum atomic E-state index is 12.3. The molecule has 2 heterocycles. The molecular weight excluding hydrogens is 426 g/mol. The maximum absolute atomic E-state index is 12.3. The molecule has 0 fully saturated rings. The van der Waals surface area contributed by atoms with Gasteiger partial charge in [-0.2, -0.15) is 5.10 Å². The number of nitrogens with one attached hydrogen (secondary N) is 2. The van der Waals surface area contributed by atoms with Crippen LogP contribution in [0.2, 0.25) is 0 Å². The Hall–Kier alpha value is -3.66. The first-order valence-electron chi connectivity index (χ1n) is 10.0. The smallest absolute Gasteiger partial charge is 0.230 e. The van der Waals surface area contributed by atoms with Crippen LogP contribution in [0.15, 0.2) is 59.8 Å². The molecule has 4 aromatic rings. The van der Waals surface area contributed by atoms with Crippen LogP contribution >= 0.6 is 11.8 Å². The lowest BCUT2D eigenvalue weighted by atomic mass is 10.2. The number of aromatic amines is 1. The molecule has 0 aliphatic carbocycles. The summed E-state index contributed by atoms with van der Waals surface area (Å²) in [5.74, 6) is 2.83. The molecule has 0 saturated carbocycles. The van der Waals surface area contributed by atoms with E-state index in [0.29, 0.717) is 23.4 Å². The third-order valence-electron chi connectivity index (χ3n) is 4.75. The lowest BCUT2D eigenvalue weighted by Gasteiger charge is -2.08. The quantitative estimate of drug-likeness (QED) is 0.378. The number of amides is 1. The zero-order valence-electron chi connectivity index (χ0n) is 17.8. The normalized spacial score (nSPS) is 10.8. The third-order valence-corrected chi connectivity index (χ3v) is 5.72. The molecule has 2 N–H and O–H groups in total. The highest BCUT2D eigenvalue weighted by molar-refractivity contribution is 7.99. The van der Waals surface area contributed by atoms with Crippen LogP contribution < -0.4 is 10.1 Å². The first kappa shape index (κ1) is 21.6. The standard InChI is InChI=1S/C22H23N7O2S/c1-15-25-28-22(29(15)13-16-6-4-3-5-7-16)32-14-20(30)23-12-19-24-21(27-26-19)17-8-10-18(31-2)11-9-17/h3-11H,12-14H2,1-2H3,(H,23,30)(H,24,26,27). The van der Waals surface area contributed by atoms with Crippen molar-refractivity contribution in [2.75, 3.05) is 12.9 Å². The molecule has 0 unspecified atom stereocenters. The van der Waals surface area contributed by atoms with Gasteiger partial charge in [0.15, 0.2) is 11.0 Å². The second-order valence-electron chi connectivity index (χ2n) is 7.00. The van der Waals surface area contributed by atoms with Gasteiger partial charge in [-0.15, -0.1) is 10.2 Å². The molecule has 0 aliphatic heterocycles. The van der Waals surface area contributed by atoms with Crippen LogP contribution in [0.25, 0.3) is 11.4 Å². The second kappa shape index (κ2) is 10.1. The number of H-pyrrole nitrogens is 1. The van der Waals surface area contributed by atoms with Crippen LogP contribution in [-0.2, 0) is 17.9 Å². The van der Waals surface area contributed by atoms with E-state index in [0.717, 1.165) is 22.7 Å². The third kappa shape index (κ3) is 5.33. The predicted octanol–water partition coefficient (Wildman–Crippen LogP) is 2.84. The first-order chi connectivity index (χ1) is 15.6. The largest absolute Gasteiger partial charge is 0.497 e. The lowest BCUT2D eigenvalue weighted by Crippen LogP contribution is -2.25. The SMILES string of the molecule is COc1ccc(-c2n[nH]c(CNC(=O)CSc3nnc(C)n3Cc3ccccc3)n2)cc1. The molecule has 4 rings (SSSR count). The van der Waals surface area contributed by atoms with E-state index in [4.69, 9.17) is 4.74 Å². The van der Waals surface area contributed by atoms with Gasteiger partial charge in [-0.3, -0.25) is 9.89 Å². The summed E-state index contributed by atoms with van der Waals surface area (Å²) >= 11 is 1.36. The van der Waals surface area contributed by atoms with Crippen LogP contribution in [0.4, 0.5) is 0 Å². The monoisotopic (exact) mass is 449 g/mol. The minimum absolute atomic E-state index is 0.121. The number of nitrogens with zero attached hydrogens (tertiary/aromatic N) is 5. The van der Waals surface area contributed by atoms with E-state index in [1.165, 1.54) is 11.8 Å². The Morgan fingerprint density at radius 3 is 2.66 bits per heavy atom. The molecule has 0 saturated heterocycles. The van der Waals surface area contributed by atoms with E-state index in [1.807, 2.05) is 54.0 Å². The zero-order chi connectivity index (χ0) is 22.3. The number of hydrogen-bond acceptors (Lipinski definition) is 7. The van der Waals surface area contributed by atoms with Gasteiger partial charge in [-0.1, -0.05) is 42.1 Å². The molecule has 0 aliphatic rings. The molecule has 0 radical (unpaired) electrons. The van der Waals surface area contributed by atoms with Crippen molar-refractivity contribution in [2.24, 2.45) is 0 Å². The van der Waals surface area contributed by atoms with Gasteiger partial charge in [-0.25, -0.2) is 4.98 Å². The van der Waals surface area contributed by atoms with Crippen molar-refractivity contribution < 1.29 is 9.53 Å². The second-order valence-corrected chi connectivity index (χ2v) is 7.94. The molecular formula is C22H23N7O2S. The molecule has 2 aromatic carbocycles. The Balaban J connectivity index is 1.29. The van der Waals surface area contributed by atoms with Gasteiger partial charge in [0.2, 0.25) is 5.91 Å². The predicted molar refractivity (Wildman–Crippen MR) is 121 cm³/mol. The van der Waals surface area contributed by atoms with Crippen molar-refractivity contribution in [3.63, 3.8) is 0 Å². The van der Waals surface area contributed by atoms with Crippen molar-refractivity contribution in [2.45, 2.75) is 25.2 Å². The number of ether oxygens (including phenoxy) is 1. The van der Waals surface area contributed by atoms with Crippen LogP contribution in [0, 0.1) is 6.92 Å². The van der Waals surface area contributed by atoms with Crippen LogP contribution in [0.5, 0.6) is 5.75 Å². The van der Waals surface area contributed by atoms with Crippen LogP contribution in [0.1, 0.15) is 17.2 Å². The van der Waals surface area contributed by atoms with Crippen molar-refractivity contribution >= 4 is 17.7 Å². The van der Waals surface area contributed by atoms with Crippen molar-refractivity contribution in [1.82, 2.24) is 35.3 Å². The number of thioether (sulfide) groups is 1. The minimum Gasteiger partial charge on any atom is -0.497 e. The zero-order valence-corrected chi connectivity index (χ0v) is 18.6. The molecule has 1 amide bonds. The Labute approximate surface area is 189 Å². The Morgan fingerprint density at radius 1 is 1.12 bits per heavy atom. The van der Waals surface area contributed by atoms with Crippen molar-refractivity contribution in [3.8, 4) is 17.1 Å². The molecule has 0 spiro atoms. The molecule has 0 atom stereocenters. The Kier molecular flexibility index (Phi) is 6.81. The number of aromatic nitrogens is 6. The van der Waals surface area contributed by atoms with Crippen molar-refractivity contribution in [1.29, 1.82) is 0 Å². The first-order valence-corrected chi connectivity index (χ1v) is 11.0. The summed E-state index contributed by atoms with van der Waals surface area (Å²) in [6.45, 7) is 2.83. The summed E-state index contributed by atoms with van der Waals surface area (Å²) in [6, 6.07) is 17.6. The summed E-state index contributed by atoms with van der Waals surface area (Å²) < 4.78 is 7.17. The fourth-order valence-electron chi connectivity index (χ4n) is 3.02. The van der Waals surface area contributed by atoms with Gasteiger partial charge in [0.25, 0.3) is 0 Å². The molecule has 9 nitrogen and oxygen atoms in total. The summed E-state index contributed by atoms with van der Waals surface area (Å²) in [5.41, 5.74) is 2.02. The van der Waals surface area contributed by atoms with Gasteiger partial charge < -0.3 is 14.6 Å². The number of carbonyl (C=O) groups is 1. The van der Waals surface area contributed by atoms with Gasteiger partial charge in [0.1, 0.15) is 17.4 Å². The highest BCUT2D eigenvalue weighted by Crippen LogP contribution is 2.20. The van der Waals surface area contributed by atoms with E-state index in [1.54, 1.807) is 7.11 Å². The summed E-state index contributed by atoms with van der Waals surface area (Å²) in [5, 5.41) is 19.0. The van der Waals surface area contributed by atoms with Crippen LogP contribution in [0.3, 0.4) is 0 Å². The van der Waals surface area contributed by atoms with Crippen LogP contribution in [-0.4, -0.2) is 48.7 Å². The van der Waals surface area contributed by atoms with Crippen molar-refractivity contribution in [3.05, 3.63) is 71.8 Å². The maximum Gasteiger partial charge on any atom is 0.230 e. The number of benzene rings is 2. The topological polar surface area (TPSA) is 111 Å². The number of methoxy groups -OCH3 is 1. The summed E-state index contributed by atoms with van der Waals surface area (Å²) in [7, 11) is 1.62. The number of carbonyl (C=O) groups excluding carboxylic acids is 1. The Morgan fingerprint density at radius 2 is 1.91 bits per heavy atom. The number of hydrogen-bond donors (Lipinski definition) is 2. The van der Waals surface area contributed by atoms with Gasteiger partial charge in [0.05, 0.1) is 26.0 Å². The highest BCUT2D eigenvalue weighted by atomic mass is 32.2.